The monoisotopic (exact) mass is 242 g/mol. The summed E-state index contributed by atoms with van der Waals surface area (Å²) in [5, 5.41) is 9.52. The van der Waals surface area contributed by atoms with Crippen LogP contribution in [0.1, 0.15) is 5.56 Å². The van der Waals surface area contributed by atoms with Crippen LogP contribution in [0.2, 0.25) is 0 Å². The molecule has 0 amide bonds. The lowest BCUT2D eigenvalue weighted by Gasteiger charge is -2.01. The normalized spacial score (nSPS) is 11.2. The Morgan fingerprint density at radius 2 is 2.06 bits per heavy atom. The van der Waals surface area contributed by atoms with E-state index in [4.69, 9.17) is 0 Å². The van der Waals surface area contributed by atoms with Gasteiger partial charge >= 0.3 is 5.97 Å². The van der Waals surface area contributed by atoms with E-state index >= 15 is 0 Å². The lowest BCUT2D eigenvalue weighted by Crippen LogP contribution is -2.06. The van der Waals surface area contributed by atoms with E-state index in [9.17, 15) is 9.90 Å². The van der Waals surface area contributed by atoms with Crippen LogP contribution in [0, 0.1) is 37.5 Å². The molecule has 0 saturated carbocycles. The van der Waals surface area contributed by atoms with Gasteiger partial charge in [0.25, 0.3) is 0 Å². The standard InChI is InChI=1S/C15H14O3/c1-18-15(17)10-6-5-9-14(16)12-11-13-7-3-2-4-8-13/h2-10,14,16H,1H3/t14-/m0/s1. The van der Waals surface area contributed by atoms with Crippen molar-refractivity contribution in [2.24, 2.45) is 0 Å². The number of carbonyl (C=O) groups is 1. The Balaban J connectivity index is 2.24. The Morgan fingerprint density at radius 3 is 2.72 bits per heavy atom. The van der Waals surface area contributed by atoms with Crippen molar-refractivity contribution < 1.29 is 14.6 Å². The van der Waals surface area contributed by atoms with Gasteiger partial charge in [-0.15, -0.1) is 0 Å². The van der Waals surface area contributed by atoms with Crippen LogP contribution in [-0.2, 0) is 9.53 Å². The molecule has 0 fully saturated rings. The van der Waals surface area contributed by atoms with E-state index in [2.05, 4.69) is 16.6 Å². The summed E-state index contributed by atoms with van der Waals surface area (Å²) in [6.45, 7) is 0. The number of ether oxygens (including phenoxy) is 1. The van der Waals surface area contributed by atoms with Gasteiger partial charge in [0, 0.05) is 12.0 Å². The summed E-state index contributed by atoms with van der Waals surface area (Å²) in [7, 11) is 1.30. The number of aliphatic hydroxyl groups is 1. The summed E-state index contributed by atoms with van der Waals surface area (Å²) >= 11 is 0. The molecule has 3 heteroatoms. The molecule has 4 radical (unpaired) electrons. The highest BCUT2D eigenvalue weighted by Crippen LogP contribution is 2.01. The summed E-state index contributed by atoms with van der Waals surface area (Å²) in [6.07, 6.45) is 4.90. The molecule has 0 unspecified atom stereocenters. The highest BCUT2D eigenvalue weighted by molar-refractivity contribution is 5.80. The van der Waals surface area contributed by atoms with Gasteiger partial charge in [0.2, 0.25) is 0 Å². The zero-order chi connectivity index (χ0) is 13.2. The summed E-state index contributed by atoms with van der Waals surface area (Å²) < 4.78 is 4.41. The Kier molecular flexibility index (Phi) is 6.60. The molecule has 18 heavy (non-hydrogen) atoms. The minimum absolute atomic E-state index is 0.440. The molecule has 3 nitrogen and oxygen atoms in total. The molecule has 0 aliphatic heterocycles. The molecule has 0 spiro atoms. The minimum Gasteiger partial charge on any atom is -0.469 e. The predicted octanol–water partition coefficient (Wildman–Crippen LogP) is 1.39. The third kappa shape index (κ3) is 6.07. The Morgan fingerprint density at radius 1 is 1.33 bits per heavy atom. The average Bonchev–Trinajstić information content (AvgIpc) is 2.42. The molecular weight excluding hydrogens is 228 g/mol. The van der Waals surface area contributed by atoms with Gasteiger partial charge in [-0.25, -0.2) is 0 Å². The van der Waals surface area contributed by atoms with Crippen LogP contribution < -0.4 is 0 Å². The smallest absolute Gasteiger partial charge is 0.309 e. The lowest BCUT2D eigenvalue weighted by atomic mass is 10.1. The van der Waals surface area contributed by atoms with Gasteiger partial charge in [0.05, 0.1) is 13.5 Å². The average molecular weight is 242 g/mol. The second-order valence-electron chi connectivity index (χ2n) is 3.35. The number of hydrogen-bond acceptors (Lipinski definition) is 3. The maximum Gasteiger partial charge on any atom is 0.309 e. The van der Waals surface area contributed by atoms with Gasteiger partial charge in [0.1, 0.15) is 6.10 Å². The maximum absolute atomic E-state index is 10.7. The van der Waals surface area contributed by atoms with E-state index in [0.717, 1.165) is 5.56 Å². The van der Waals surface area contributed by atoms with E-state index in [1.54, 1.807) is 6.42 Å². The minimum atomic E-state index is -0.868. The van der Waals surface area contributed by atoms with Gasteiger partial charge in [-0.05, 0) is 25.0 Å². The lowest BCUT2D eigenvalue weighted by molar-refractivity contribution is -0.136. The number of hydrogen-bond donors (Lipinski definition) is 1. The number of rotatable bonds is 5. The fraction of sp³-hybridized carbons (Fsp3) is 0.133. The van der Waals surface area contributed by atoms with E-state index in [-0.39, 0.29) is 0 Å². The molecule has 1 atom stereocenters. The first-order valence-corrected chi connectivity index (χ1v) is 5.40. The zero-order valence-corrected chi connectivity index (χ0v) is 10.0. The molecule has 0 bridgehead atoms. The summed E-state index contributed by atoms with van der Waals surface area (Å²) in [5.41, 5.74) is 0.843. The van der Waals surface area contributed by atoms with Crippen molar-refractivity contribution in [1.29, 1.82) is 0 Å². The van der Waals surface area contributed by atoms with Crippen LogP contribution in [-0.4, -0.2) is 24.3 Å². The first kappa shape index (κ1) is 14.3. The predicted molar refractivity (Wildman–Crippen MR) is 68.5 cm³/mol. The Labute approximate surface area is 108 Å². The molecule has 1 N–H and O–H groups in total. The third-order valence-electron chi connectivity index (χ3n) is 1.98. The number of carbonyl (C=O) groups excluding carboxylic acids is 1. The SMILES string of the molecule is COC(=O)[CH][CH][CH][CH][C@H](O)C#Cc1ccccc1. The second kappa shape index (κ2) is 8.32. The van der Waals surface area contributed by atoms with Crippen molar-refractivity contribution in [1.82, 2.24) is 0 Å². The van der Waals surface area contributed by atoms with Crippen LogP contribution >= 0.6 is 0 Å². The number of aliphatic hydroxyl groups excluding tert-OH is 1. The van der Waals surface area contributed by atoms with Crippen molar-refractivity contribution >= 4 is 5.97 Å². The molecule has 0 aromatic heterocycles. The number of esters is 1. The van der Waals surface area contributed by atoms with E-state index in [0.29, 0.717) is 0 Å². The molecule has 0 aliphatic rings. The van der Waals surface area contributed by atoms with Gasteiger partial charge in [0.15, 0.2) is 0 Å². The van der Waals surface area contributed by atoms with Crippen LogP contribution in [0.3, 0.4) is 0 Å². The Bertz CT molecular complexity index is 414. The highest BCUT2D eigenvalue weighted by Gasteiger charge is 2.03. The van der Waals surface area contributed by atoms with Crippen molar-refractivity contribution in [3.05, 3.63) is 61.6 Å². The second-order valence-corrected chi connectivity index (χ2v) is 3.35. The highest BCUT2D eigenvalue weighted by atomic mass is 16.5. The number of benzene rings is 1. The fourth-order valence-electron chi connectivity index (χ4n) is 1.10. The van der Waals surface area contributed by atoms with Crippen molar-refractivity contribution in [2.75, 3.05) is 7.11 Å². The maximum atomic E-state index is 10.7. The molecule has 1 aromatic carbocycles. The molecule has 0 heterocycles. The summed E-state index contributed by atoms with van der Waals surface area (Å²) in [6, 6.07) is 9.39. The van der Waals surface area contributed by atoms with Crippen LogP contribution in [0.25, 0.3) is 0 Å². The van der Waals surface area contributed by atoms with E-state index < -0.39 is 12.1 Å². The van der Waals surface area contributed by atoms with Gasteiger partial charge in [-0.3, -0.25) is 4.79 Å². The Hall–Kier alpha value is -1.79. The summed E-state index contributed by atoms with van der Waals surface area (Å²) in [4.78, 5) is 10.7. The van der Waals surface area contributed by atoms with Crippen LogP contribution in [0.4, 0.5) is 0 Å². The zero-order valence-electron chi connectivity index (χ0n) is 10.0. The largest absolute Gasteiger partial charge is 0.469 e. The molecule has 1 rings (SSSR count). The van der Waals surface area contributed by atoms with Gasteiger partial charge < -0.3 is 9.84 Å². The van der Waals surface area contributed by atoms with Gasteiger partial charge in [-0.1, -0.05) is 30.0 Å². The van der Waals surface area contributed by atoms with Crippen molar-refractivity contribution in [2.45, 2.75) is 6.10 Å². The number of methoxy groups -OCH3 is 1. The molecule has 0 saturated heterocycles. The third-order valence-corrected chi connectivity index (χ3v) is 1.98. The van der Waals surface area contributed by atoms with E-state index in [1.807, 2.05) is 30.3 Å². The molecule has 0 aliphatic carbocycles. The van der Waals surface area contributed by atoms with E-state index in [1.165, 1.54) is 26.4 Å². The first-order chi connectivity index (χ1) is 8.72. The quantitative estimate of drug-likeness (QED) is 0.482. The van der Waals surface area contributed by atoms with Crippen LogP contribution in [0.15, 0.2) is 30.3 Å². The van der Waals surface area contributed by atoms with Gasteiger partial charge in [-0.2, -0.15) is 0 Å². The molecule has 1 aromatic rings. The molecule has 92 valence electrons. The molecular formula is C15H14O3. The topological polar surface area (TPSA) is 46.5 Å². The number of unbranched alkanes of at least 4 members (excludes halogenated alkanes) is 1. The fourth-order valence-corrected chi connectivity index (χ4v) is 1.10. The first-order valence-electron chi connectivity index (χ1n) is 5.40. The van der Waals surface area contributed by atoms with Crippen LogP contribution in [0.5, 0.6) is 0 Å². The summed E-state index contributed by atoms with van der Waals surface area (Å²) in [5.74, 6) is 5.07. The van der Waals surface area contributed by atoms with Crippen molar-refractivity contribution in [3.63, 3.8) is 0 Å². The van der Waals surface area contributed by atoms with Crippen molar-refractivity contribution in [3.8, 4) is 11.8 Å².